The van der Waals surface area contributed by atoms with Crippen LogP contribution in [0.2, 0.25) is 0 Å². The highest BCUT2D eigenvalue weighted by molar-refractivity contribution is 5.31. The topological polar surface area (TPSA) is 21.7 Å². The first kappa shape index (κ1) is 20.1. The van der Waals surface area contributed by atoms with Crippen molar-refractivity contribution >= 4 is 0 Å². The standard InChI is InChI=1S/C26H41NO2/c1-5-18-16-19-17-20(28-4)8-10-25(19,2)22-9-11-26(3)21(24(18)22)6-7-23(26)27-12-14-29-15-13-27/h7,16,18,20-22,24H,5-6,8-15,17H2,1-4H3/t18?,20?,21-,22+,24-,25-,26-/m0/s1. The zero-order valence-electron chi connectivity index (χ0n) is 19.1. The van der Waals surface area contributed by atoms with Gasteiger partial charge >= 0.3 is 0 Å². The predicted molar refractivity (Wildman–Crippen MR) is 118 cm³/mol. The van der Waals surface area contributed by atoms with Crippen LogP contribution >= 0.6 is 0 Å². The number of morpholine rings is 1. The number of hydrogen-bond acceptors (Lipinski definition) is 3. The lowest BCUT2D eigenvalue weighted by Gasteiger charge is -2.60. The van der Waals surface area contributed by atoms with E-state index in [0.717, 1.165) is 50.0 Å². The van der Waals surface area contributed by atoms with E-state index in [0.29, 0.717) is 16.9 Å². The van der Waals surface area contributed by atoms with E-state index in [2.05, 4.69) is 37.8 Å². The summed E-state index contributed by atoms with van der Waals surface area (Å²) < 4.78 is 11.4. The van der Waals surface area contributed by atoms with Gasteiger partial charge < -0.3 is 14.4 Å². The normalized spacial score (nSPS) is 47.0. The van der Waals surface area contributed by atoms with Gasteiger partial charge in [0.15, 0.2) is 0 Å². The number of fused-ring (bicyclic) bond motifs is 5. The number of allylic oxidation sites excluding steroid dienone is 3. The van der Waals surface area contributed by atoms with E-state index in [-0.39, 0.29) is 0 Å². The minimum atomic E-state index is 0.372. The molecule has 5 aliphatic rings. The van der Waals surface area contributed by atoms with Crippen LogP contribution in [0.5, 0.6) is 0 Å². The van der Waals surface area contributed by atoms with Crippen molar-refractivity contribution in [1.82, 2.24) is 4.90 Å². The molecule has 7 atom stereocenters. The van der Waals surface area contributed by atoms with Crippen LogP contribution in [-0.4, -0.2) is 44.4 Å². The van der Waals surface area contributed by atoms with Crippen LogP contribution in [0.1, 0.15) is 65.7 Å². The van der Waals surface area contributed by atoms with Crippen LogP contribution in [0, 0.1) is 34.5 Å². The van der Waals surface area contributed by atoms with Gasteiger partial charge in [-0.25, -0.2) is 0 Å². The molecule has 0 aromatic rings. The Morgan fingerprint density at radius 2 is 1.86 bits per heavy atom. The second-order valence-corrected chi connectivity index (χ2v) is 11.0. The van der Waals surface area contributed by atoms with E-state index in [1.165, 1.54) is 44.9 Å². The molecule has 3 heteroatoms. The summed E-state index contributed by atoms with van der Waals surface area (Å²) in [6.45, 7) is 11.6. The monoisotopic (exact) mass is 399 g/mol. The zero-order chi connectivity index (χ0) is 20.2. The average molecular weight is 400 g/mol. The van der Waals surface area contributed by atoms with Crippen molar-refractivity contribution in [3.8, 4) is 0 Å². The van der Waals surface area contributed by atoms with Gasteiger partial charge in [-0.05, 0) is 74.0 Å². The molecule has 0 radical (unpaired) electrons. The van der Waals surface area contributed by atoms with Gasteiger partial charge in [0.1, 0.15) is 0 Å². The minimum absolute atomic E-state index is 0.372. The van der Waals surface area contributed by atoms with Gasteiger partial charge in [0.2, 0.25) is 0 Å². The minimum Gasteiger partial charge on any atom is -0.381 e. The lowest BCUT2D eigenvalue weighted by atomic mass is 9.45. The maximum Gasteiger partial charge on any atom is 0.0642 e. The summed E-state index contributed by atoms with van der Waals surface area (Å²) in [6, 6.07) is 0. The first-order valence-corrected chi connectivity index (χ1v) is 12.3. The molecule has 0 amide bonds. The maximum absolute atomic E-state index is 5.79. The molecule has 0 aromatic carbocycles. The highest BCUT2D eigenvalue weighted by atomic mass is 16.5. The van der Waals surface area contributed by atoms with Gasteiger partial charge in [-0.1, -0.05) is 38.5 Å². The Morgan fingerprint density at radius 3 is 2.59 bits per heavy atom. The van der Waals surface area contributed by atoms with Gasteiger partial charge in [-0.2, -0.15) is 0 Å². The Morgan fingerprint density at radius 1 is 1.10 bits per heavy atom. The molecule has 4 aliphatic carbocycles. The van der Waals surface area contributed by atoms with Crippen LogP contribution in [0.15, 0.2) is 23.4 Å². The summed E-state index contributed by atoms with van der Waals surface area (Å²) in [4.78, 5) is 2.67. The zero-order valence-corrected chi connectivity index (χ0v) is 19.1. The quantitative estimate of drug-likeness (QED) is 0.591. The van der Waals surface area contributed by atoms with Gasteiger partial charge in [0.25, 0.3) is 0 Å². The summed E-state index contributed by atoms with van der Waals surface area (Å²) in [7, 11) is 1.90. The highest BCUT2D eigenvalue weighted by Gasteiger charge is 2.59. The molecule has 3 nitrogen and oxygen atoms in total. The van der Waals surface area contributed by atoms with Crippen LogP contribution in [-0.2, 0) is 9.47 Å². The van der Waals surface area contributed by atoms with E-state index in [1.54, 1.807) is 11.3 Å². The first-order valence-electron chi connectivity index (χ1n) is 12.3. The molecular formula is C26H41NO2. The summed E-state index contributed by atoms with van der Waals surface area (Å²) in [6.07, 6.45) is 14.9. The van der Waals surface area contributed by atoms with Crippen molar-refractivity contribution in [2.75, 3.05) is 33.4 Å². The third-order valence-corrected chi connectivity index (χ3v) is 9.92. The third-order valence-electron chi connectivity index (χ3n) is 9.92. The number of ether oxygens (including phenoxy) is 2. The maximum atomic E-state index is 5.79. The van der Waals surface area contributed by atoms with Crippen molar-refractivity contribution in [2.24, 2.45) is 34.5 Å². The SMILES string of the molecule is CCC1C=C2CC(OC)CC[C@]2(C)[C@@H]2CC[C@]3(C)C(N4CCOCC4)=CC[C@H]3[C@H]12. The fraction of sp³-hybridized carbons (Fsp3) is 0.846. The Labute approximate surface area is 177 Å². The molecule has 5 rings (SSSR count). The molecule has 0 aromatic heterocycles. The van der Waals surface area contributed by atoms with E-state index in [9.17, 15) is 0 Å². The van der Waals surface area contributed by atoms with Crippen molar-refractivity contribution in [3.05, 3.63) is 23.4 Å². The summed E-state index contributed by atoms with van der Waals surface area (Å²) >= 11 is 0. The van der Waals surface area contributed by atoms with Crippen molar-refractivity contribution < 1.29 is 9.47 Å². The molecule has 2 saturated carbocycles. The largest absolute Gasteiger partial charge is 0.381 e. The van der Waals surface area contributed by atoms with Gasteiger partial charge in [-0.15, -0.1) is 0 Å². The predicted octanol–water partition coefficient (Wildman–Crippen LogP) is 5.43. The first-order chi connectivity index (χ1) is 14.0. The molecular weight excluding hydrogens is 358 g/mol. The fourth-order valence-corrected chi connectivity index (χ4v) is 8.22. The smallest absolute Gasteiger partial charge is 0.0642 e. The summed E-state index contributed by atoms with van der Waals surface area (Å²) in [5, 5.41) is 0. The molecule has 1 saturated heterocycles. The lowest BCUT2D eigenvalue weighted by Crippen LogP contribution is -2.54. The van der Waals surface area contributed by atoms with Crippen LogP contribution < -0.4 is 0 Å². The fourth-order valence-electron chi connectivity index (χ4n) is 8.22. The van der Waals surface area contributed by atoms with E-state index < -0.39 is 0 Å². The van der Waals surface area contributed by atoms with Crippen LogP contribution in [0.25, 0.3) is 0 Å². The van der Waals surface area contributed by atoms with Crippen molar-refractivity contribution in [2.45, 2.75) is 71.8 Å². The molecule has 0 bridgehead atoms. The number of hydrogen-bond donors (Lipinski definition) is 0. The molecule has 0 N–H and O–H groups in total. The number of methoxy groups -OCH3 is 1. The van der Waals surface area contributed by atoms with Crippen LogP contribution in [0.4, 0.5) is 0 Å². The Bertz CT molecular complexity index is 693. The van der Waals surface area contributed by atoms with E-state index >= 15 is 0 Å². The van der Waals surface area contributed by atoms with E-state index in [4.69, 9.17) is 9.47 Å². The summed E-state index contributed by atoms with van der Waals surface area (Å²) in [5.41, 5.74) is 4.19. The van der Waals surface area contributed by atoms with Gasteiger partial charge in [0.05, 0.1) is 19.3 Å². The number of nitrogens with zero attached hydrogens (tertiary/aromatic N) is 1. The second-order valence-electron chi connectivity index (χ2n) is 11.0. The molecule has 1 aliphatic heterocycles. The summed E-state index contributed by atoms with van der Waals surface area (Å²) in [5.74, 6) is 3.28. The molecule has 3 fully saturated rings. The van der Waals surface area contributed by atoms with Crippen molar-refractivity contribution in [1.29, 1.82) is 0 Å². The molecule has 162 valence electrons. The molecule has 1 heterocycles. The second kappa shape index (κ2) is 7.41. The lowest BCUT2D eigenvalue weighted by molar-refractivity contribution is -0.0643. The number of rotatable bonds is 3. The molecule has 2 unspecified atom stereocenters. The van der Waals surface area contributed by atoms with Gasteiger partial charge in [-0.3, -0.25) is 0 Å². The Balaban J connectivity index is 1.46. The highest BCUT2D eigenvalue weighted by Crippen LogP contribution is 2.66. The Hall–Kier alpha value is -0.800. The molecule has 0 spiro atoms. The molecule has 29 heavy (non-hydrogen) atoms. The van der Waals surface area contributed by atoms with Gasteiger partial charge in [0, 0.05) is 31.3 Å². The average Bonchev–Trinajstić information content (AvgIpc) is 3.10. The van der Waals surface area contributed by atoms with Crippen LogP contribution in [0.3, 0.4) is 0 Å². The third kappa shape index (κ3) is 2.97. The Kier molecular flexibility index (Phi) is 5.14. The van der Waals surface area contributed by atoms with E-state index in [1.807, 2.05) is 7.11 Å². The van der Waals surface area contributed by atoms with Crippen molar-refractivity contribution in [3.63, 3.8) is 0 Å².